The SMILES string of the molecule is Cc1ccc(COc2ccc(C=NN3C(=O)[C@@H]4[C@H](C3=O)[C@H]3C=C[C@H]4C3)cc2[N+](=O)[O-])cc1. The number of fused-ring (bicyclic) bond motifs is 5. The standard InChI is InChI=1S/C24H21N3O5/c1-14-2-4-15(5-3-14)13-32-20-9-6-16(10-19(20)27(30)31)12-25-26-23(28)21-17-7-8-18(11-17)22(21)24(26)29/h2-10,12,17-18,21-22H,11,13H2,1H3/t17-,18-,21-,22+/m0/s1. The van der Waals surface area contributed by atoms with Crippen LogP contribution in [0.15, 0.2) is 59.7 Å². The predicted octanol–water partition coefficient (Wildman–Crippen LogP) is 3.62. The van der Waals surface area contributed by atoms with Crippen LogP contribution in [0.3, 0.4) is 0 Å². The molecule has 2 bridgehead atoms. The van der Waals surface area contributed by atoms with Crippen LogP contribution in [0.25, 0.3) is 0 Å². The zero-order valence-electron chi connectivity index (χ0n) is 17.4. The molecule has 2 aliphatic carbocycles. The first-order chi connectivity index (χ1) is 15.4. The molecule has 2 aromatic rings. The van der Waals surface area contributed by atoms with Crippen LogP contribution in [0.2, 0.25) is 0 Å². The normalized spacial score (nSPS) is 25.7. The van der Waals surface area contributed by atoms with Gasteiger partial charge in [-0.2, -0.15) is 10.1 Å². The van der Waals surface area contributed by atoms with Gasteiger partial charge < -0.3 is 4.74 Å². The Balaban J connectivity index is 1.32. The molecule has 5 rings (SSSR count). The van der Waals surface area contributed by atoms with Crippen molar-refractivity contribution in [3.05, 3.63) is 81.4 Å². The summed E-state index contributed by atoms with van der Waals surface area (Å²) in [4.78, 5) is 36.5. The third-order valence-electron chi connectivity index (χ3n) is 6.46. The predicted molar refractivity (Wildman–Crippen MR) is 116 cm³/mol. The van der Waals surface area contributed by atoms with Crippen molar-refractivity contribution < 1.29 is 19.2 Å². The van der Waals surface area contributed by atoms with Crippen LogP contribution in [-0.4, -0.2) is 28.0 Å². The highest BCUT2D eigenvalue weighted by atomic mass is 16.6. The second kappa shape index (κ2) is 7.71. The fourth-order valence-corrected chi connectivity index (χ4v) is 4.85. The van der Waals surface area contributed by atoms with Gasteiger partial charge in [0, 0.05) is 11.6 Å². The molecule has 1 saturated carbocycles. The number of imide groups is 1. The van der Waals surface area contributed by atoms with E-state index in [1.54, 1.807) is 6.07 Å². The number of carbonyl (C=O) groups is 2. The van der Waals surface area contributed by atoms with Crippen LogP contribution < -0.4 is 4.74 Å². The summed E-state index contributed by atoms with van der Waals surface area (Å²) in [5.74, 6) is -0.900. The van der Waals surface area contributed by atoms with Gasteiger partial charge in [-0.05, 0) is 42.9 Å². The number of allylic oxidation sites excluding steroid dienone is 2. The average molecular weight is 431 g/mol. The van der Waals surface area contributed by atoms with Crippen molar-refractivity contribution in [3.63, 3.8) is 0 Å². The number of nitrogens with zero attached hydrogens (tertiary/aromatic N) is 3. The number of nitro benzene ring substituents is 1. The maximum Gasteiger partial charge on any atom is 0.311 e. The molecule has 0 spiro atoms. The minimum atomic E-state index is -0.526. The van der Waals surface area contributed by atoms with Crippen molar-refractivity contribution in [2.75, 3.05) is 0 Å². The second-order valence-corrected chi connectivity index (χ2v) is 8.49. The lowest BCUT2D eigenvalue weighted by Crippen LogP contribution is -2.28. The maximum atomic E-state index is 12.7. The molecule has 4 atom stereocenters. The third kappa shape index (κ3) is 3.37. The van der Waals surface area contributed by atoms with E-state index in [0.717, 1.165) is 22.6 Å². The molecular formula is C24H21N3O5. The van der Waals surface area contributed by atoms with E-state index in [9.17, 15) is 19.7 Å². The first-order valence-electron chi connectivity index (χ1n) is 10.5. The number of benzene rings is 2. The minimum Gasteiger partial charge on any atom is -0.482 e. The Morgan fingerprint density at radius 2 is 1.75 bits per heavy atom. The van der Waals surface area contributed by atoms with Crippen LogP contribution >= 0.6 is 0 Å². The van der Waals surface area contributed by atoms with Gasteiger partial charge in [0.05, 0.1) is 23.0 Å². The number of nitro groups is 1. The average Bonchev–Trinajstić information content (AvgIpc) is 3.46. The summed E-state index contributed by atoms with van der Waals surface area (Å²) < 4.78 is 5.66. The summed E-state index contributed by atoms with van der Waals surface area (Å²) in [6.07, 6.45) is 6.19. The van der Waals surface area contributed by atoms with Crippen LogP contribution in [0.4, 0.5) is 5.69 Å². The maximum absolute atomic E-state index is 12.7. The smallest absolute Gasteiger partial charge is 0.311 e. The molecule has 1 saturated heterocycles. The van der Waals surface area contributed by atoms with E-state index in [0.29, 0.717) is 5.56 Å². The molecule has 1 heterocycles. The van der Waals surface area contributed by atoms with E-state index in [1.165, 1.54) is 18.3 Å². The van der Waals surface area contributed by atoms with Gasteiger partial charge in [0.25, 0.3) is 11.8 Å². The van der Waals surface area contributed by atoms with Gasteiger partial charge in [-0.1, -0.05) is 42.0 Å². The van der Waals surface area contributed by atoms with E-state index in [-0.39, 0.29) is 53.5 Å². The van der Waals surface area contributed by atoms with Crippen LogP contribution in [0.5, 0.6) is 5.75 Å². The molecule has 1 aliphatic heterocycles. The Kier molecular flexibility index (Phi) is 4.84. The highest BCUT2D eigenvalue weighted by molar-refractivity contribution is 6.06. The van der Waals surface area contributed by atoms with E-state index in [1.807, 2.05) is 43.3 Å². The Labute approximate surface area is 184 Å². The number of amides is 2. The lowest BCUT2D eigenvalue weighted by Gasteiger charge is -2.13. The molecule has 2 fully saturated rings. The summed E-state index contributed by atoms with van der Waals surface area (Å²) in [5, 5.41) is 16.6. The Bertz CT molecular complexity index is 1140. The summed E-state index contributed by atoms with van der Waals surface area (Å²) in [6, 6.07) is 12.1. The first-order valence-corrected chi connectivity index (χ1v) is 10.5. The summed E-state index contributed by atoms with van der Waals surface area (Å²) >= 11 is 0. The molecular weight excluding hydrogens is 410 g/mol. The van der Waals surface area contributed by atoms with Crippen molar-refractivity contribution in [1.82, 2.24) is 5.01 Å². The third-order valence-corrected chi connectivity index (χ3v) is 6.46. The van der Waals surface area contributed by atoms with E-state index >= 15 is 0 Å². The summed E-state index contributed by atoms with van der Waals surface area (Å²) in [5.41, 5.74) is 2.21. The minimum absolute atomic E-state index is 0.104. The molecule has 0 N–H and O–H groups in total. The van der Waals surface area contributed by atoms with Crippen molar-refractivity contribution in [3.8, 4) is 5.75 Å². The Hall–Kier alpha value is -3.81. The molecule has 3 aliphatic rings. The number of hydrazone groups is 1. The van der Waals surface area contributed by atoms with Crippen molar-refractivity contribution in [2.45, 2.75) is 20.0 Å². The van der Waals surface area contributed by atoms with Crippen molar-refractivity contribution in [1.29, 1.82) is 0 Å². The fourth-order valence-electron chi connectivity index (χ4n) is 4.85. The summed E-state index contributed by atoms with van der Waals surface area (Å²) in [7, 11) is 0. The van der Waals surface area contributed by atoms with Gasteiger partial charge in [0.2, 0.25) is 0 Å². The van der Waals surface area contributed by atoms with Gasteiger partial charge in [0.15, 0.2) is 5.75 Å². The number of ether oxygens (including phenoxy) is 1. The first kappa shape index (κ1) is 20.1. The number of hydrogen-bond acceptors (Lipinski definition) is 6. The molecule has 0 radical (unpaired) electrons. The molecule has 162 valence electrons. The molecule has 8 heteroatoms. The molecule has 2 amide bonds. The fraction of sp³-hybridized carbons (Fsp3) is 0.292. The molecule has 32 heavy (non-hydrogen) atoms. The van der Waals surface area contributed by atoms with Gasteiger partial charge >= 0.3 is 5.69 Å². The Morgan fingerprint density at radius 3 is 2.38 bits per heavy atom. The largest absolute Gasteiger partial charge is 0.482 e. The number of hydrogen-bond donors (Lipinski definition) is 0. The Morgan fingerprint density at radius 1 is 1.09 bits per heavy atom. The molecule has 0 aromatic heterocycles. The number of aryl methyl sites for hydroxylation is 1. The van der Waals surface area contributed by atoms with E-state index < -0.39 is 4.92 Å². The molecule has 2 aromatic carbocycles. The molecule has 8 nitrogen and oxygen atoms in total. The lowest BCUT2D eigenvalue weighted by atomic mass is 9.85. The van der Waals surface area contributed by atoms with Crippen LogP contribution in [-0.2, 0) is 16.2 Å². The van der Waals surface area contributed by atoms with Gasteiger partial charge in [0.1, 0.15) is 6.61 Å². The highest BCUT2D eigenvalue weighted by Gasteiger charge is 2.59. The number of rotatable bonds is 6. The van der Waals surface area contributed by atoms with E-state index in [2.05, 4.69) is 5.10 Å². The zero-order chi connectivity index (χ0) is 22.4. The van der Waals surface area contributed by atoms with Gasteiger partial charge in [-0.15, -0.1) is 0 Å². The summed E-state index contributed by atoms with van der Waals surface area (Å²) in [6.45, 7) is 2.18. The highest BCUT2D eigenvalue weighted by Crippen LogP contribution is 2.52. The van der Waals surface area contributed by atoms with Crippen molar-refractivity contribution in [2.24, 2.45) is 28.8 Å². The zero-order valence-corrected chi connectivity index (χ0v) is 17.4. The topological polar surface area (TPSA) is 102 Å². The quantitative estimate of drug-likeness (QED) is 0.229. The monoisotopic (exact) mass is 431 g/mol. The van der Waals surface area contributed by atoms with Crippen LogP contribution in [0, 0.1) is 40.7 Å². The number of carbonyl (C=O) groups excluding carboxylic acids is 2. The second-order valence-electron chi connectivity index (χ2n) is 8.49. The van der Waals surface area contributed by atoms with Crippen LogP contribution in [0.1, 0.15) is 23.1 Å². The van der Waals surface area contributed by atoms with Gasteiger partial charge in [-0.25, -0.2) is 0 Å². The van der Waals surface area contributed by atoms with Crippen molar-refractivity contribution >= 4 is 23.7 Å². The van der Waals surface area contributed by atoms with E-state index in [4.69, 9.17) is 4.74 Å². The van der Waals surface area contributed by atoms with Gasteiger partial charge in [-0.3, -0.25) is 19.7 Å². The molecule has 0 unspecified atom stereocenters. The lowest BCUT2D eigenvalue weighted by molar-refractivity contribution is -0.385.